The van der Waals surface area contributed by atoms with Crippen LogP contribution in [0.5, 0.6) is 0 Å². The summed E-state index contributed by atoms with van der Waals surface area (Å²) < 4.78 is 64.1. The van der Waals surface area contributed by atoms with Gasteiger partial charge in [0.1, 0.15) is 18.1 Å². The lowest BCUT2D eigenvalue weighted by Gasteiger charge is -2.13. The van der Waals surface area contributed by atoms with E-state index in [1.165, 1.54) is 16.8 Å². The lowest BCUT2D eigenvalue weighted by atomic mass is 10.1. The third kappa shape index (κ3) is 6.41. The van der Waals surface area contributed by atoms with Crippen molar-refractivity contribution in [2.24, 2.45) is 0 Å². The van der Waals surface area contributed by atoms with Crippen molar-refractivity contribution in [3.63, 3.8) is 0 Å². The number of rotatable bonds is 7. The smallest absolute Gasteiger partial charge is 0.342 e. The number of carbonyl (C=O) groups is 1. The molecule has 0 saturated carbocycles. The minimum atomic E-state index is -4.61. The number of benzene rings is 3. The van der Waals surface area contributed by atoms with E-state index in [2.05, 4.69) is 4.98 Å². The van der Waals surface area contributed by atoms with Crippen molar-refractivity contribution in [1.82, 2.24) is 14.9 Å². The van der Waals surface area contributed by atoms with Crippen LogP contribution < -0.4 is 5.32 Å². The minimum absolute atomic E-state index is 0.0525. The highest BCUT2D eigenvalue weighted by Gasteiger charge is 2.29. The summed E-state index contributed by atoms with van der Waals surface area (Å²) in [6, 6.07) is 16.0. The van der Waals surface area contributed by atoms with E-state index in [-0.39, 0.29) is 42.8 Å². The number of hydrogen-bond acceptors (Lipinski definition) is 4. The van der Waals surface area contributed by atoms with E-state index >= 15 is 0 Å². The summed E-state index contributed by atoms with van der Waals surface area (Å²) in [4.78, 5) is 16.9. The number of sulfone groups is 1. The molecule has 0 aliphatic carbocycles. The summed E-state index contributed by atoms with van der Waals surface area (Å²) >= 11 is 19.4. The Balaban J connectivity index is 1.82. The second kappa shape index (κ2) is 11.2. The third-order valence-electron chi connectivity index (χ3n) is 5.69. The Morgan fingerprint density at radius 2 is 1.59 bits per heavy atom. The summed E-state index contributed by atoms with van der Waals surface area (Å²) in [6.07, 6.45) is -3.38. The molecule has 6 nitrogen and oxygen atoms in total. The molecule has 0 aliphatic rings. The molecule has 1 N–H and O–H groups in total. The van der Waals surface area contributed by atoms with Crippen molar-refractivity contribution < 1.29 is 26.4 Å². The van der Waals surface area contributed by atoms with Crippen molar-refractivity contribution in [3.05, 3.63) is 87.6 Å². The highest BCUT2D eigenvalue weighted by molar-refractivity contribution is 7.91. The average Bonchev–Trinajstić information content (AvgIpc) is 3.31. The molecule has 3 aromatic carbocycles. The quantitative estimate of drug-likeness (QED) is 0.237. The van der Waals surface area contributed by atoms with Gasteiger partial charge >= 0.3 is 6.18 Å². The highest BCUT2D eigenvalue weighted by Crippen LogP contribution is 2.37. The van der Waals surface area contributed by atoms with Crippen LogP contribution in [0.3, 0.4) is 0 Å². The van der Waals surface area contributed by atoms with E-state index in [1.54, 1.807) is 66.8 Å². The molecule has 1 amide bonds. The molecule has 204 valence electrons. The monoisotopic (exact) mass is 615 g/mol. The molecule has 0 saturated heterocycles. The van der Waals surface area contributed by atoms with Crippen LogP contribution in [0, 0.1) is 0 Å². The van der Waals surface area contributed by atoms with Crippen LogP contribution in [-0.4, -0.2) is 42.3 Å². The second-order valence-corrected chi connectivity index (χ2v) is 11.8. The van der Waals surface area contributed by atoms with Gasteiger partial charge < -0.3 is 5.32 Å². The number of hydrogen-bond donors (Lipinski definition) is 1. The molecule has 4 aromatic rings. The zero-order chi connectivity index (χ0) is 28.5. The molecule has 0 fully saturated rings. The first-order valence-corrected chi connectivity index (χ1v) is 14.1. The van der Waals surface area contributed by atoms with Crippen LogP contribution in [0.15, 0.2) is 71.8 Å². The summed E-state index contributed by atoms with van der Waals surface area (Å²) in [7, 11) is -3.43. The molecule has 1 aromatic heterocycles. The van der Waals surface area contributed by atoms with Crippen LogP contribution >= 0.6 is 34.8 Å². The Morgan fingerprint density at radius 1 is 0.949 bits per heavy atom. The molecule has 0 bridgehead atoms. The first-order chi connectivity index (χ1) is 18.3. The maximum absolute atomic E-state index is 12.7. The fourth-order valence-corrected chi connectivity index (χ4v) is 5.51. The van der Waals surface area contributed by atoms with E-state index in [0.717, 1.165) is 0 Å². The van der Waals surface area contributed by atoms with Crippen molar-refractivity contribution in [2.75, 3.05) is 12.3 Å². The zero-order valence-corrected chi connectivity index (χ0v) is 23.1. The van der Waals surface area contributed by atoms with Gasteiger partial charge in [0.25, 0.3) is 5.91 Å². The summed E-state index contributed by atoms with van der Waals surface area (Å²) in [5, 5.41) is 2.36. The predicted octanol–water partition coefficient (Wildman–Crippen LogP) is 7.25. The molecule has 0 spiro atoms. The zero-order valence-electron chi connectivity index (χ0n) is 20.1. The van der Waals surface area contributed by atoms with Gasteiger partial charge in [-0.05, 0) is 47.5 Å². The Labute approximate surface area is 237 Å². The SMILES string of the molecule is CCS(=O)(=O)c1cccc(-c2ccc(-n3cc(C(=O)NCC(F)(F)F)nc3-c3c(Cl)cccc3Cl)c(Cl)c2)c1. The van der Waals surface area contributed by atoms with Gasteiger partial charge in [-0.15, -0.1) is 0 Å². The fourth-order valence-electron chi connectivity index (χ4n) is 3.75. The summed E-state index contributed by atoms with van der Waals surface area (Å²) in [5.74, 6) is -1.03. The number of halogens is 6. The Hall–Kier alpha value is -3.05. The van der Waals surface area contributed by atoms with Crippen LogP contribution in [0.4, 0.5) is 13.2 Å². The van der Waals surface area contributed by atoms with Crippen LogP contribution in [0.2, 0.25) is 15.1 Å². The Morgan fingerprint density at radius 3 is 2.21 bits per heavy atom. The normalized spacial score (nSPS) is 12.0. The molecule has 0 aliphatic heterocycles. The maximum atomic E-state index is 12.7. The van der Waals surface area contributed by atoms with Gasteiger partial charge in [-0.25, -0.2) is 13.4 Å². The van der Waals surface area contributed by atoms with Crippen molar-refractivity contribution in [3.8, 4) is 28.2 Å². The highest BCUT2D eigenvalue weighted by atomic mass is 35.5. The van der Waals surface area contributed by atoms with Crippen LogP contribution in [0.25, 0.3) is 28.2 Å². The lowest BCUT2D eigenvalue weighted by molar-refractivity contribution is -0.123. The average molecular weight is 617 g/mol. The van der Waals surface area contributed by atoms with Crippen LogP contribution in [-0.2, 0) is 9.84 Å². The predicted molar refractivity (Wildman–Crippen MR) is 146 cm³/mol. The fraction of sp³-hybridized carbons (Fsp3) is 0.154. The number of aromatic nitrogens is 2. The largest absolute Gasteiger partial charge is 0.405 e. The molecule has 1 heterocycles. The standard InChI is InChI=1S/C26H19Cl3F3N3O3S/c1-2-39(37,38)17-6-3-5-15(11-17)16-9-10-22(20(29)12-16)35-13-21(25(36)33-14-26(30,31)32)34-24(35)23-18(27)7-4-8-19(23)28/h3-13H,2,14H2,1H3,(H,33,36). The van der Waals surface area contributed by atoms with Crippen LogP contribution in [0.1, 0.15) is 17.4 Å². The topological polar surface area (TPSA) is 81.1 Å². The van der Waals surface area contributed by atoms with Gasteiger partial charge in [0.2, 0.25) is 0 Å². The van der Waals surface area contributed by atoms with Gasteiger partial charge in [-0.3, -0.25) is 9.36 Å². The third-order valence-corrected chi connectivity index (χ3v) is 8.35. The van der Waals surface area contributed by atoms with Gasteiger partial charge in [0.15, 0.2) is 9.84 Å². The second-order valence-electron chi connectivity index (χ2n) is 8.31. The molecular formula is C26H19Cl3F3N3O3S. The number of nitrogens with zero attached hydrogens (tertiary/aromatic N) is 2. The lowest BCUT2D eigenvalue weighted by Crippen LogP contribution is -2.33. The van der Waals surface area contributed by atoms with Crippen molar-refractivity contribution in [1.29, 1.82) is 0 Å². The van der Waals surface area contributed by atoms with Crippen molar-refractivity contribution >= 4 is 50.5 Å². The number of nitrogens with one attached hydrogen (secondary N) is 1. The van der Waals surface area contributed by atoms with E-state index in [9.17, 15) is 26.4 Å². The molecular weight excluding hydrogens is 598 g/mol. The maximum Gasteiger partial charge on any atom is 0.405 e. The molecule has 0 atom stereocenters. The number of imidazole rings is 1. The molecule has 4 rings (SSSR count). The van der Waals surface area contributed by atoms with E-state index in [0.29, 0.717) is 16.8 Å². The first kappa shape index (κ1) is 28.9. The molecule has 13 heteroatoms. The van der Waals surface area contributed by atoms with Crippen molar-refractivity contribution in [2.45, 2.75) is 18.0 Å². The molecule has 0 radical (unpaired) electrons. The van der Waals surface area contributed by atoms with Gasteiger partial charge in [-0.2, -0.15) is 13.2 Å². The number of amides is 1. The summed E-state index contributed by atoms with van der Waals surface area (Å²) in [5.41, 5.74) is 1.46. The first-order valence-electron chi connectivity index (χ1n) is 11.3. The van der Waals surface area contributed by atoms with E-state index in [4.69, 9.17) is 34.8 Å². The van der Waals surface area contributed by atoms with Gasteiger partial charge in [-0.1, -0.05) is 66.0 Å². The Kier molecular flexibility index (Phi) is 8.32. The van der Waals surface area contributed by atoms with E-state index in [1.807, 2.05) is 0 Å². The minimum Gasteiger partial charge on any atom is -0.342 e. The van der Waals surface area contributed by atoms with E-state index < -0.39 is 28.5 Å². The summed E-state index contributed by atoms with van der Waals surface area (Å²) in [6.45, 7) is 0.0163. The van der Waals surface area contributed by atoms with Gasteiger partial charge in [0, 0.05) is 6.20 Å². The Bertz CT molecular complexity index is 1650. The molecule has 39 heavy (non-hydrogen) atoms. The van der Waals surface area contributed by atoms with Gasteiger partial charge in [0.05, 0.1) is 37.0 Å². The molecule has 0 unspecified atom stereocenters. The number of carbonyl (C=O) groups excluding carboxylic acids is 1. The number of alkyl halides is 3.